The number of carbonyl (C=O) groups excluding carboxylic acids is 2. The third-order valence-corrected chi connectivity index (χ3v) is 12.9. The molecular formula is C54H102O10. The number of aliphatic hydroxyl groups is 4. The number of hydrogen-bond acceptors (Lipinski definition) is 10. The Morgan fingerprint density at radius 3 is 1.22 bits per heavy atom. The molecule has 1 heterocycles. The van der Waals surface area contributed by atoms with Gasteiger partial charge < -0.3 is 39.4 Å². The molecule has 6 unspecified atom stereocenters. The van der Waals surface area contributed by atoms with E-state index in [-0.39, 0.29) is 32.0 Å². The summed E-state index contributed by atoms with van der Waals surface area (Å²) in [6.07, 6.45) is 43.7. The van der Waals surface area contributed by atoms with Crippen LogP contribution in [0.1, 0.15) is 264 Å². The number of esters is 2. The molecule has 0 aliphatic carbocycles. The van der Waals surface area contributed by atoms with Crippen molar-refractivity contribution in [2.45, 2.75) is 301 Å². The quantitative estimate of drug-likeness (QED) is 0.0264. The van der Waals surface area contributed by atoms with Crippen LogP contribution in [0.25, 0.3) is 0 Å². The zero-order valence-corrected chi connectivity index (χ0v) is 41.6. The summed E-state index contributed by atoms with van der Waals surface area (Å²) < 4.78 is 22.3. The second kappa shape index (κ2) is 45.2. The Bertz CT molecular complexity index is 1050. The molecule has 0 radical (unpaired) electrons. The van der Waals surface area contributed by atoms with Gasteiger partial charge in [-0.25, -0.2) is 0 Å². The molecular weight excluding hydrogens is 809 g/mol. The third kappa shape index (κ3) is 35.6. The molecule has 0 spiro atoms. The van der Waals surface area contributed by atoms with Crippen LogP contribution in [0.3, 0.4) is 0 Å². The summed E-state index contributed by atoms with van der Waals surface area (Å²) in [4.78, 5) is 25.5. The minimum absolute atomic E-state index is 0.213. The maximum atomic E-state index is 12.8. The molecule has 1 aliphatic rings. The topological polar surface area (TPSA) is 152 Å². The molecule has 0 aromatic carbocycles. The number of aliphatic hydroxyl groups excluding tert-OH is 4. The first kappa shape index (κ1) is 60.5. The highest BCUT2D eigenvalue weighted by atomic mass is 16.7. The van der Waals surface area contributed by atoms with E-state index in [0.29, 0.717) is 6.42 Å². The molecule has 1 saturated heterocycles. The Morgan fingerprint density at radius 1 is 0.469 bits per heavy atom. The van der Waals surface area contributed by atoms with Crippen molar-refractivity contribution in [3.63, 3.8) is 0 Å². The van der Waals surface area contributed by atoms with Crippen molar-refractivity contribution < 1.29 is 49.0 Å². The van der Waals surface area contributed by atoms with E-state index >= 15 is 0 Å². The monoisotopic (exact) mass is 911 g/mol. The van der Waals surface area contributed by atoms with Gasteiger partial charge in [0.25, 0.3) is 0 Å². The molecule has 0 amide bonds. The van der Waals surface area contributed by atoms with Crippen molar-refractivity contribution in [3.05, 3.63) is 12.2 Å². The lowest BCUT2D eigenvalue weighted by Gasteiger charge is -2.39. The van der Waals surface area contributed by atoms with E-state index in [0.717, 1.165) is 44.9 Å². The minimum atomic E-state index is -1.59. The van der Waals surface area contributed by atoms with E-state index in [1.54, 1.807) is 0 Å². The second-order valence-electron chi connectivity index (χ2n) is 19.0. The predicted molar refractivity (Wildman–Crippen MR) is 261 cm³/mol. The maximum absolute atomic E-state index is 12.8. The Labute approximate surface area is 392 Å². The number of rotatable bonds is 47. The Morgan fingerprint density at radius 2 is 0.828 bits per heavy atom. The molecule has 0 saturated carbocycles. The van der Waals surface area contributed by atoms with E-state index in [1.165, 1.54) is 186 Å². The lowest BCUT2D eigenvalue weighted by Crippen LogP contribution is -2.59. The van der Waals surface area contributed by atoms with Crippen LogP contribution in [0, 0.1) is 0 Å². The highest BCUT2D eigenvalue weighted by molar-refractivity contribution is 5.70. The normalized spacial score (nSPS) is 19.4. The smallest absolute Gasteiger partial charge is 0.306 e. The molecule has 64 heavy (non-hydrogen) atoms. The minimum Gasteiger partial charge on any atom is -0.462 e. The molecule has 378 valence electrons. The highest BCUT2D eigenvalue weighted by Crippen LogP contribution is 2.23. The van der Waals surface area contributed by atoms with Gasteiger partial charge >= 0.3 is 11.9 Å². The fourth-order valence-electron chi connectivity index (χ4n) is 8.60. The fraction of sp³-hybridized carbons (Fsp3) is 0.926. The van der Waals surface area contributed by atoms with E-state index in [9.17, 15) is 30.0 Å². The lowest BCUT2D eigenvalue weighted by molar-refractivity contribution is -0.305. The molecule has 1 fully saturated rings. The molecule has 0 aromatic heterocycles. The molecule has 4 N–H and O–H groups in total. The fourth-order valence-corrected chi connectivity index (χ4v) is 8.60. The zero-order valence-electron chi connectivity index (χ0n) is 41.6. The standard InChI is InChI=1S/C54H102O10/c1-3-5-7-9-11-13-15-17-19-21-22-23-24-25-27-28-30-32-34-36-38-40-42-49(56)61-45-47(46-62-54-53(60)52(59)51(58)48(44-55)64-54)63-50(57)43-41-39-37-35-33-31-29-26-20-18-16-14-12-10-8-6-4-2/h18,20,47-48,51-55,58-60H,3-17,19,21-46H2,1-2H3/b20-18-. The lowest BCUT2D eigenvalue weighted by atomic mass is 9.99. The molecule has 6 atom stereocenters. The van der Waals surface area contributed by atoms with Crippen molar-refractivity contribution in [2.75, 3.05) is 19.8 Å². The number of unbranched alkanes of at least 4 members (excludes halogenated alkanes) is 34. The van der Waals surface area contributed by atoms with Gasteiger partial charge in [-0.3, -0.25) is 9.59 Å². The van der Waals surface area contributed by atoms with Gasteiger partial charge in [-0.2, -0.15) is 0 Å². The summed E-state index contributed by atoms with van der Waals surface area (Å²) in [5.41, 5.74) is 0. The van der Waals surface area contributed by atoms with Crippen molar-refractivity contribution in [1.29, 1.82) is 0 Å². The highest BCUT2D eigenvalue weighted by Gasteiger charge is 2.44. The summed E-state index contributed by atoms with van der Waals surface area (Å²) in [5, 5.41) is 40.2. The van der Waals surface area contributed by atoms with Crippen LogP contribution in [0.2, 0.25) is 0 Å². The Balaban J connectivity index is 2.21. The van der Waals surface area contributed by atoms with Crippen LogP contribution in [-0.4, -0.2) is 89.0 Å². The third-order valence-electron chi connectivity index (χ3n) is 12.9. The van der Waals surface area contributed by atoms with E-state index in [1.807, 2.05) is 0 Å². The molecule has 1 aliphatic heterocycles. The van der Waals surface area contributed by atoms with Gasteiger partial charge in [-0.05, 0) is 38.5 Å². The molecule has 1 rings (SSSR count). The SMILES string of the molecule is CCCCCCCC/C=C\CCCCCCCCCC(=O)OC(COC(=O)CCCCCCCCCCCCCCCCCCCCCCCC)COC1OC(CO)C(O)C(O)C1O. The average Bonchev–Trinajstić information content (AvgIpc) is 3.29. The van der Waals surface area contributed by atoms with Gasteiger partial charge in [0, 0.05) is 12.8 Å². The summed E-state index contributed by atoms with van der Waals surface area (Å²) in [6, 6.07) is 0. The largest absolute Gasteiger partial charge is 0.462 e. The van der Waals surface area contributed by atoms with Gasteiger partial charge in [0.05, 0.1) is 13.2 Å². The number of carbonyl (C=O) groups is 2. The van der Waals surface area contributed by atoms with Crippen LogP contribution < -0.4 is 0 Å². The summed E-state index contributed by atoms with van der Waals surface area (Å²) in [5.74, 6) is -0.794. The van der Waals surface area contributed by atoms with Gasteiger partial charge in [0.1, 0.15) is 31.0 Å². The van der Waals surface area contributed by atoms with Gasteiger partial charge in [-0.15, -0.1) is 0 Å². The van der Waals surface area contributed by atoms with E-state index in [4.69, 9.17) is 18.9 Å². The maximum Gasteiger partial charge on any atom is 0.306 e. The van der Waals surface area contributed by atoms with E-state index < -0.39 is 49.4 Å². The van der Waals surface area contributed by atoms with Crippen molar-refractivity contribution in [1.82, 2.24) is 0 Å². The Hall–Kier alpha value is -1.56. The van der Waals surface area contributed by atoms with Crippen LogP contribution in [0.15, 0.2) is 12.2 Å². The summed E-state index contributed by atoms with van der Waals surface area (Å²) in [7, 11) is 0. The van der Waals surface area contributed by atoms with Crippen LogP contribution in [0.5, 0.6) is 0 Å². The average molecular weight is 911 g/mol. The first-order chi connectivity index (χ1) is 31.3. The molecule has 0 aromatic rings. The first-order valence-corrected chi connectivity index (χ1v) is 27.3. The first-order valence-electron chi connectivity index (χ1n) is 27.3. The van der Waals surface area contributed by atoms with Crippen molar-refractivity contribution in [3.8, 4) is 0 Å². The van der Waals surface area contributed by atoms with E-state index in [2.05, 4.69) is 26.0 Å². The molecule has 10 nitrogen and oxygen atoms in total. The zero-order chi connectivity index (χ0) is 46.6. The summed E-state index contributed by atoms with van der Waals surface area (Å²) in [6.45, 7) is 3.47. The van der Waals surface area contributed by atoms with Crippen LogP contribution in [0.4, 0.5) is 0 Å². The van der Waals surface area contributed by atoms with Gasteiger partial charge in [0.15, 0.2) is 12.4 Å². The van der Waals surface area contributed by atoms with Gasteiger partial charge in [-0.1, -0.05) is 225 Å². The van der Waals surface area contributed by atoms with Crippen LogP contribution >= 0.6 is 0 Å². The second-order valence-corrected chi connectivity index (χ2v) is 19.0. The molecule has 10 heteroatoms. The Kier molecular flexibility index (Phi) is 42.7. The van der Waals surface area contributed by atoms with Crippen molar-refractivity contribution >= 4 is 11.9 Å². The number of hydrogen-bond donors (Lipinski definition) is 4. The number of allylic oxidation sites excluding steroid dienone is 2. The van der Waals surface area contributed by atoms with Crippen molar-refractivity contribution in [2.24, 2.45) is 0 Å². The number of ether oxygens (including phenoxy) is 4. The van der Waals surface area contributed by atoms with Crippen LogP contribution in [-0.2, 0) is 28.5 Å². The molecule has 0 bridgehead atoms. The van der Waals surface area contributed by atoms with Gasteiger partial charge in [0.2, 0.25) is 0 Å². The predicted octanol–water partition coefficient (Wildman–Crippen LogP) is 13.1. The summed E-state index contributed by atoms with van der Waals surface area (Å²) >= 11 is 0.